The summed E-state index contributed by atoms with van der Waals surface area (Å²) in [5.41, 5.74) is -0.287. The van der Waals surface area contributed by atoms with Crippen LogP contribution in [0.3, 0.4) is 0 Å². The molecule has 0 aliphatic rings. The third kappa shape index (κ3) is 2.59. The number of ketones is 1. The summed E-state index contributed by atoms with van der Waals surface area (Å²) in [6.45, 7) is 0. The first-order valence-electron chi connectivity index (χ1n) is 3.39. The summed E-state index contributed by atoms with van der Waals surface area (Å²) in [5, 5.41) is 0. The van der Waals surface area contributed by atoms with Gasteiger partial charge in [-0.15, -0.1) is 0 Å². The van der Waals surface area contributed by atoms with Crippen LogP contribution in [0.4, 0.5) is 13.2 Å². The van der Waals surface area contributed by atoms with Crippen LogP contribution in [-0.4, -0.2) is 12.0 Å². The molecule has 0 aliphatic heterocycles. The highest BCUT2D eigenvalue weighted by molar-refractivity contribution is 14.1. The predicted molar refractivity (Wildman–Crippen MR) is 62.3 cm³/mol. The van der Waals surface area contributed by atoms with Crippen molar-refractivity contribution in [3.8, 4) is 0 Å². The highest BCUT2D eigenvalue weighted by atomic mass is 127. The van der Waals surface area contributed by atoms with E-state index in [1.165, 1.54) is 12.1 Å². The zero-order chi connectivity index (χ0) is 10.9. The lowest BCUT2D eigenvalue weighted by Gasteiger charge is -2.07. The summed E-state index contributed by atoms with van der Waals surface area (Å²) in [5.74, 6) is -1.79. The van der Waals surface area contributed by atoms with E-state index in [0.717, 1.165) is 0 Å². The molecule has 0 aromatic heterocycles. The topological polar surface area (TPSA) is 17.1 Å². The molecule has 1 rings (SSSR count). The van der Waals surface area contributed by atoms with E-state index in [9.17, 15) is 18.0 Å². The van der Waals surface area contributed by atoms with E-state index in [4.69, 9.17) is 0 Å². The molecule has 0 radical (unpaired) electrons. The Kier molecular flexibility index (Phi) is 3.78. The van der Waals surface area contributed by atoms with E-state index in [1.54, 1.807) is 28.7 Å². The van der Waals surface area contributed by atoms with Crippen molar-refractivity contribution in [1.82, 2.24) is 0 Å². The van der Waals surface area contributed by atoms with Crippen molar-refractivity contribution >= 4 is 51.0 Å². The maximum absolute atomic E-state index is 12.1. The number of Topliss-reactive ketones (excluding diaryl/α,β-unsaturated/α-hetero) is 1. The van der Waals surface area contributed by atoms with E-state index < -0.39 is 12.0 Å². The molecule has 6 heteroatoms. The Balaban J connectivity index is 3.21. The molecular formula is C8H3F3I2O. The number of hydrogen-bond acceptors (Lipinski definition) is 1. The summed E-state index contributed by atoms with van der Waals surface area (Å²) in [6, 6.07) is 4.26. The zero-order valence-electron chi connectivity index (χ0n) is 6.53. The van der Waals surface area contributed by atoms with Gasteiger partial charge in [0.2, 0.25) is 0 Å². The van der Waals surface area contributed by atoms with Gasteiger partial charge in [0.15, 0.2) is 0 Å². The van der Waals surface area contributed by atoms with Crippen LogP contribution in [0.25, 0.3) is 0 Å². The van der Waals surface area contributed by atoms with Crippen LogP contribution in [0, 0.1) is 7.14 Å². The molecule has 0 atom stereocenters. The molecule has 0 heterocycles. The first-order chi connectivity index (χ1) is 6.34. The van der Waals surface area contributed by atoms with Crippen LogP contribution in [0.1, 0.15) is 10.4 Å². The summed E-state index contributed by atoms with van der Waals surface area (Å²) < 4.78 is 37.3. The van der Waals surface area contributed by atoms with Gasteiger partial charge in [0, 0.05) is 12.7 Å². The van der Waals surface area contributed by atoms with Crippen molar-refractivity contribution in [2.24, 2.45) is 0 Å². The van der Waals surface area contributed by atoms with Gasteiger partial charge in [0.05, 0.1) is 0 Å². The van der Waals surface area contributed by atoms with Crippen molar-refractivity contribution in [3.05, 3.63) is 30.9 Å². The molecule has 76 valence electrons. The Morgan fingerprint density at radius 2 is 1.79 bits per heavy atom. The number of rotatable bonds is 1. The first-order valence-corrected chi connectivity index (χ1v) is 5.55. The Hall–Kier alpha value is 0.140. The quantitative estimate of drug-likeness (QED) is 0.496. The summed E-state index contributed by atoms with van der Waals surface area (Å²) >= 11 is 3.62. The number of carbonyl (C=O) groups is 1. The smallest absolute Gasteiger partial charge is 0.284 e. The fraction of sp³-hybridized carbons (Fsp3) is 0.125. The molecule has 0 aliphatic carbocycles. The Bertz CT molecular complexity index is 373. The Morgan fingerprint density at radius 3 is 2.29 bits per heavy atom. The van der Waals surface area contributed by atoms with Crippen LogP contribution < -0.4 is 0 Å². The van der Waals surface area contributed by atoms with Crippen molar-refractivity contribution in [2.45, 2.75) is 6.18 Å². The van der Waals surface area contributed by atoms with Gasteiger partial charge in [-0.1, -0.05) is 6.07 Å². The van der Waals surface area contributed by atoms with Gasteiger partial charge >= 0.3 is 6.18 Å². The molecule has 0 fully saturated rings. The molecule has 1 aromatic carbocycles. The molecule has 0 saturated heterocycles. The molecule has 0 bridgehead atoms. The van der Waals surface area contributed by atoms with Crippen molar-refractivity contribution in [2.75, 3.05) is 0 Å². The molecule has 0 saturated carbocycles. The number of carbonyl (C=O) groups excluding carboxylic acids is 1. The van der Waals surface area contributed by atoms with Crippen LogP contribution >= 0.6 is 45.2 Å². The number of benzene rings is 1. The zero-order valence-corrected chi connectivity index (χ0v) is 10.8. The molecule has 0 N–H and O–H groups in total. The predicted octanol–water partition coefficient (Wildman–Crippen LogP) is 3.64. The van der Waals surface area contributed by atoms with Crippen LogP contribution in [-0.2, 0) is 0 Å². The minimum absolute atomic E-state index is 0.287. The third-order valence-electron chi connectivity index (χ3n) is 1.45. The maximum atomic E-state index is 12.1. The maximum Gasteiger partial charge on any atom is 0.454 e. The summed E-state index contributed by atoms with van der Waals surface area (Å²) in [4.78, 5) is 10.9. The molecule has 1 nitrogen and oxygen atoms in total. The lowest BCUT2D eigenvalue weighted by Crippen LogP contribution is -2.23. The second-order valence-corrected chi connectivity index (χ2v) is 4.67. The number of halogens is 5. The largest absolute Gasteiger partial charge is 0.454 e. The van der Waals surface area contributed by atoms with Gasteiger partial charge in [-0.25, -0.2) is 0 Å². The summed E-state index contributed by atoms with van der Waals surface area (Å²) in [6.07, 6.45) is -4.80. The average molecular weight is 426 g/mol. The minimum atomic E-state index is -4.80. The first kappa shape index (κ1) is 12.2. The van der Waals surface area contributed by atoms with Crippen molar-refractivity contribution < 1.29 is 18.0 Å². The molecule has 14 heavy (non-hydrogen) atoms. The van der Waals surface area contributed by atoms with Crippen LogP contribution in [0.2, 0.25) is 0 Å². The van der Waals surface area contributed by atoms with Crippen LogP contribution in [0.15, 0.2) is 18.2 Å². The SMILES string of the molecule is O=C(c1cccc(I)c1I)C(F)(F)F. The molecule has 0 amide bonds. The van der Waals surface area contributed by atoms with Gasteiger partial charge in [0.1, 0.15) is 0 Å². The second kappa shape index (κ2) is 4.33. The van der Waals surface area contributed by atoms with Crippen LogP contribution in [0.5, 0.6) is 0 Å². The van der Waals surface area contributed by atoms with E-state index >= 15 is 0 Å². The fourth-order valence-corrected chi connectivity index (χ4v) is 1.93. The van der Waals surface area contributed by atoms with Crippen molar-refractivity contribution in [1.29, 1.82) is 0 Å². The molecule has 0 spiro atoms. The van der Waals surface area contributed by atoms with E-state index in [2.05, 4.69) is 0 Å². The Labute approximate surface area is 105 Å². The number of hydrogen-bond donors (Lipinski definition) is 0. The summed E-state index contributed by atoms with van der Waals surface area (Å²) in [7, 11) is 0. The third-order valence-corrected chi connectivity index (χ3v) is 4.55. The van der Waals surface area contributed by atoms with Gasteiger partial charge < -0.3 is 0 Å². The average Bonchev–Trinajstić information content (AvgIpc) is 2.07. The van der Waals surface area contributed by atoms with E-state index in [0.29, 0.717) is 7.14 Å². The lowest BCUT2D eigenvalue weighted by atomic mass is 10.1. The lowest BCUT2D eigenvalue weighted by molar-refractivity contribution is -0.0885. The minimum Gasteiger partial charge on any atom is -0.284 e. The molecule has 0 unspecified atom stereocenters. The highest BCUT2D eigenvalue weighted by Gasteiger charge is 2.40. The Morgan fingerprint density at radius 1 is 1.21 bits per heavy atom. The van der Waals surface area contributed by atoms with E-state index in [-0.39, 0.29) is 5.56 Å². The molecule has 1 aromatic rings. The van der Waals surface area contributed by atoms with Gasteiger partial charge in [-0.3, -0.25) is 4.79 Å². The monoisotopic (exact) mass is 426 g/mol. The van der Waals surface area contributed by atoms with Gasteiger partial charge in [0.25, 0.3) is 5.78 Å². The normalized spacial score (nSPS) is 11.5. The van der Waals surface area contributed by atoms with Gasteiger partial charge in [-0.2, -0.15) is 13.2 Å². The standard InChI is InChI=1S/C8H3F3I2O/c9-8(10,11)7(14)4-2-1-3-5(12)6(4)13/h1-3H. The fourth-order valence-electron chi connectivity index (χ4n) is 0.832. The second-order valence-electron chi connectivity index (χ2n) is 2.43. The number of alkyl halides is 3. The van der Waals surface area contributed by atoms with Crippen molar-refractivity contribution in [3.63, 3.8) is 0 Å². The van der Waals surface area contributed by atoms with Gasteiger partial charge in [-0.05, 0) is 57.3 Å². The van der Waals surface area contributed by atoms with E-state index in [1.807, 2.05) is 22.6 Å². The molecular weight excluding hydrogens is 423 g/mol. The highest BCUT2D eigenvalue weighted by Crippen LogP contribution is 2.26.